The van der Waals surface area contributed by atoms with E-state index < -0.39 is 6.04 Å². The normalized spacial score (nSPS) is 12.8. The smallest absolute Gasteiger partial charge is 0.242 e. The third kappa shape index (κ3) is 7.86. The van der Waals surface area contributed by atoms with Gasteiger partial charge >= 0.3 is 0 Å². The molecule has 0 bridgehead atoms. The molecule has 0 radical (unpaired) electrons. The fourth-order valence-corrected chi connectivity index (χ4v) is 4.01. The van der Waals surface area contributed by atoms with Gasteiger partial charge in [0.2, 0.25) is 11.8 Å². The van der Waals surface area contributed by atoms with E-state index in [-0.39, 0.29) is 23.6 Å². The van der Waals surface area contributed by atoms with Crippen LogP contribution in [0.2, 0.25) is 10.0 Å². The molecule has 0 saturated heterocycles. The number of hydrogen-bond acceptors (Lipinski definition) is 3. The first-order valence-electron chi connectivity index (χ1n) is 9.96. The standard InChI is InChI=1S/C23H28Cl2N2O2S/c1-4-16(2)26-23(29)17(3)27(13-19-6-5-7-21(25)12-19)22(28)15-30-14-18-8-10-20(24)11-9-18/h5-12,16-17H,4,13-15H2,1-3H3,(H,26,29)/t16-,17+/m0/s1. The molecular formula is C23H28Cl2N2O2S. The monoisotopic (exact) mass is 466 g/mol. The molecule has 1 N–H and O–H groups in total. The van der Waals surface area contributed by atoms with Gasteiger partial charge in [-0.25, -0.2) is 0 Å². The highest BCUT2D eigenvalue weighted by atomic mass is 35.5. The van der Waals surface area contributed by atoms with Crippen molar-refractivity contribution in [3.05, 3.63) is 69.7 Å². The maximum absolute atomic E-state index is 13.0. The van der Waals surface area contributed by atoms with E-state index in [0.717, 1.165) is 17.5 Å². The predicted molar refractivity (Wildman–Crippen MR) is 127 cm³/mol. The predicted octanol–water partition coefficient (Wildman–Crippen LogP) is 5.56. The summed E-state index contributed by atoms with van der Waals surface area (Å²) in [6, 6.07) is 14.4. The van der Waals surface area contributed by atoms with Gasteiger partial charge in [0.25, 0.3) is 0 Å². The van der Waals surface area contributed by atoms with Crippen LogP contribution in [-0.4, -0.2) is 34.6 Å². The quantitative estimate of drug-likeness (QED) is 0.498. The molecule has 2 atom stereocenters. The lowest BCUT2D eigenvalue weighted by atomic mass is 10.1. The molecule has 0 heterocycles. The Hall–Kier alpha value is -1.69. The van der Waals surface area contributed by atoms with Gasteiger partial charge in [0.1, 0.15) is 6.04 Å². The molecule has 2 amide bonds. The molecule has 0 aliphatic rings. The Bertz CT molecular complexity index is 845. The molecule has 2 aromatic carbocycles. The first kappa shape index (κ1) is 24.6. The van der Waals surface area contributed by atoms with Crippen LogP contribution in [0.5, 0.6) is 0 Å². The average molecular weight is 467 g/mol. The molecule has 0 fully saturated rings. The van der Waals surface area contributed by atoms with Gasteiger partial charge in [0.15, 0.2) is 0 Å². The molecule has 0 aliphatic carbocycles. The van der Waals surface area contributed by atoms with Crippen LogP contribution in [0.4, 0.5) is 0 Å². The molecule has 4 nitrogen and oxygen atoms in total. The highest BCUT2D eigenvalue weighted by Crippen LogP contribution is 2.19. The highest BCUT2D eigenvalue weighted by Gasteiger charge is 2.26. The molecule has 30 heavy (non-hydrogen) atoms. The van der Waals surface area contributed by atoms with E-state index in [9.17, 15) is 9.59 Å². The van der Waals surface area contributed by atoms with Crippen molar-refractivity contribution in [2.24, 2.45) is 0 Å². The van der Waals surface area contributed by atoms with Crippen LogP contribution in [0.1, 0.15) is 38.3 Å². The summed E-state index contributed by atoms with van der Waals surface area (Å²) >= 11 is 13.5. The molecule has 0 saturated carbocycles. The SMILES string of the molecule is CC[C@H](C)NC(=O)[C@@H](C)N(Cc1cccc(Cl)c1)C(=O)CSCc1ccc(Cl)cc1. The Morgan fingerprint density at radius 2 is 1.73 bits per heavy atom. The minimum Gasteiger partial charge on any atom is -0.352 e. The number of nitrogens with one attached hydrogen (secondary N) is 1. The van der Waals surface area contributed by atoms with Crippen molar-refractivity contribution < 1.29 is 9.59 Å². The van der Waals surface area contributed by atoms with E-state index in [1.807, 2.05) is 56.3 Å². The molecule has 0 aliphatic heterocycles. The van der Waals surface area contributed by atoms with Gasteiger partial charge in [-0.3, -0.25) is 9.59 Å². The number of benzene rings is 2. The fraction of sp³-hybridized carbons (Fsp3) is 0.391. The number of nitrogens with zero attached hydrogens (tertiary/aromatic N) is 1. The molecule has 0 unspecified atom stereocenters. The number of carbonyl (C=O) groups excluding carboxylic acids is 2. The van der Waals surface area contributed by atoms with E-state index in [2.05, 4.69) is 5.32 Å². The largest absolute Gasteiger partial charge is 0.352 e. The van der Waals surface area contributed by atoms with Crippen LogP contribution in [0, 0.1) is 0 Å². The second-order valence-electron chi connectivity index (χ2n) is 7.26. The zero-order chi connectivity index (χ0) is 22.1. The zero-order valence-electron chi connectivity index (χ0n) is 17.5. The number of rotatable bonds is 10. The molecule has 7 heteroatoms. The minimum atomic E-state index is -0.582. The molecule has 2 aromatic rings. The summed E-state index contributed by atoms with van der Waals surface area (Å²) in [5, 5.41) is 4.26. The Morgan fingerprint density at radius 1 is 1.03 bits per heavy atom. The number of hydrogen-bond donors (Lipinski definition) is 1. The van der Waals surface area contributed by atoms with Crippen LogP contribution in [-0.2, 0) is 21.9 Å². The van der Waals surface area contributed by atoms with Gasteiger partial charge in [-0.15, -0.1) is 11.8 Å². The van der Waals surface area contributed by atoms with Crippen LogP contribution in [0.25, 0.3) is 0 Å². The lowest BCUT2D eigenvalue weighted by molar-refractivity contribution is -0.138. The lowest BCUT2D eigenvalue weighted by Gasteiger charge is -2.29. The van der Waals surface area contributed by atoms with Gasteiger partial charge in [0.05, 0.1) is 5.75 Å². The average Bonchev–Trinajstić information content (AvgIpc) is 2.72. The van der Waals surface area contributed by atoms with Crippen LogP contribution >= 0.6 is 35.0 Å². The summed E-state index contributed by atoms with van der Waals surface area (Å²) in [5.41, 5.74) is 1.99. The maximum atomic E-state index is 13.0. The second kappa shape index (κ2) is 12.2. The lowest BCUT2D eigenvalue weighted by Crippen LogP contribution is -2.50. The zero-order valence-corrected chi connectivity index (χ0v) is 19.9. The Balaban J connectivity index is 2.07. The third-order valence-electron chi connectivity index (χ3n) is 4.82. The summed E-state index contributed by atoms with van der Waals surface area (Å²) in [4.78, 5) is 27.4. The van der Waals surface area contributed by atoms with Crippen LogP contribution in [0.3, 0.4) is 0 Å². The molecule has 0 spiro atoms. The van der Waals surface area contributed by atoms with Crippen molar-refractivity contribution in [2.45, 2.75) is 51.6 Å². The molecule has 162 valence electrons. The summed E-state index contributed by atoms with van der Waals surface area (Å²) in [7, 11) is 0. The molecule has 0 aromatic heterocycles. The first-order chi connectivity index (χ1) is 14.3. The Kier molecular flexibility index (Phi) is 10.0. The maximum Gasteiger partial charge on any atom is 0.242 e. The van der Waals surface area contributed by atoms with Crippen molar-refractivity contribution in [3.63, 3.8) is 0 Å². The van der Waals surface area contributed by atoms with Crippen molar-refractivity contribution in [3.8, 4) is 0 Å². The minimum absolute atomic E-state index is 0.0577. The van der Waals surface area contributed by atoms with Gasteiger partial charge in [-0.1, -0.05) is 54.4 Å². The van der Waals surface area contributed by atoms with Crippen molar-refractivity contribution in [2.75, 3.05) is 5.75 Å². The van der Waals surface area contributed by atoms with E-state index in [1.54, 1.807) is 17.9 Å². The topological polar surface area (TPSA) is 49.4 Å². The summed E-state index contributed by atoms with van der Waals surface area (Å²) in [6.07, 6.45) is 0.831. The second-order valence-corrected chi connectivity index (χ2v) is 9.12. The van der Waals surface area contributed by atoms with E-state index >= 15 is 0 Å². The number of carbonyl (C=O) groups is 2. The first-order valence-corrected chi connectivity index (χ1v) is 11.9. The summed E-state index contributed by atoms with van der Waals surface area (Å²) < 4.78 is 0. The van der Waals surface area contributed by atoms with Gasteiger partial charge in [-0.2, -0.15) is 0 Å². The molecular weight excluding hydrogens is 439 g/mol. The number of halogens is 2. The Labute approximate surface area is 193 Å². The molecule has 2 rings (SSSR count). The van der Waals surface area contributed by atoms with Gasteiger partial charge < -0.3 is 10.2 Å². The highest BCUT2D eigenvalue weighted by molar-refractivity contribution is 7.99. The van der Waals surface area contributed by atoms with E-state index in [4.69, 9.17) is 23.2 Å². The van der Waals surface area contributed by atoms with Crippen molar-refractivity contribution >= 4 is 46.8 Å². The van der Waals surface area contributed by atoms with Crippen LogP contribution < -0.4 is 5.32 Å². The fourth-order valence-electron chi connectivity index (χ4n) is 2.80. The number of amides is 2. The van der Waals surface area contributed by atoms with E-state index in [0.29, 0.717) is 22.3 Å². The van der Waals surface area contributed by atoms with Crippen molar-refractivity contribution in [1.82, 2.24) is 10.2 Å². The van der Waals surface area contributed by atoms with E-state index in [1.165, 1.54) is 11.8 Å². The summed E-state index contributed by atoms with van der Waals surface area (Å²) in [6.45, 7) is 6.06. The Morgan fingerprint density at radius 3 is 2.37 bits per heavy atom. The van der Waals surface area contributed by atoms with Crippen molar-refractivity contribution in [1.29, 1.82) is 0 Å². The summed E-state index contributed by atoms with van der Waals surface area (Å²) in [5.74, 6) is 0.745. The van der Waals surface area contributed by atoms with Gasteiger partial charge in [-0.05, 0) is 55.7 Å². The number of thioether (sulfide) groups is 1. The third-order valence-corrected chi connectivity index (χ3v) is 6.29. The van der Waals surface area contributed by atoms with Gasteiger partial charge in [0, 0.05) is 28.4 Å². The van der Waals surface area contributed by atoms with Crippen LogP contribution in [0.15, 0.2) is 48.5 Å².